The van der Waals surface area contributed by atoms with E-state index in [1.165, 1.54) is 0 Å². The number of carbonyl (C=O) groups is 2. The number of rotatable bonds is 3. The summed E-state index contributed by atoms with van der Waals surface area (Å²) in [5.41, 5.74) is 9.74. The average Bonchev–Trinajstić information content (AvgIpc) is 2.53. The molecular formula is C18H16N2O2. The quantitative estimate of drug-likeness (QED) is 0.697. The minimum absolute atomic E-state index is 0.344. The average molecular weight is 292 g/mol. The summed E-state index contributed by atoms with van der Waals surface area (Å²) in [6.07, 6.45) is 2.09. The maximum Gasteiger partial charge on any atom is 0.289 e. The van der Waals surface area contributed by atoms with E-state index in [9.17, 15) is 9.59 Å². The fraction of sp³-hybridized carbons (Fsp3) is 0.111. The summed E-state index contributed by atoms with van der Waals surface area (Å²) in [7, 11) is 2.00. The molecule has 0 aromatic heterocycles. The highest BCUT2D eigenvalue weighted by Crippen LogP contribution is 2.30. The lowest BCUT2D eigenvalue weighted by atomic mass is 9.95. The van der Waals surface area contributed by atoms with Crippen LogP contribution in [0.4, 0.5) is 0 Å². The summed E-state index contributed by atoms with van der Waals surface area (Å²) >= 11 is 0. The van der Waals surface area contributed by atoms with Crippen LogP contribution in [-0.4, -0.2) is 23.6 Å². The molecule has 2 aromatic carbocycles. The summed E-state index contributed by atoms with van der Waals surface area (Å²) in [6.45, 7) is 0.677. The van der Waals surface area contributed by atoms with E-state index in [2.05, 4.69) is 23.1 Å². The molecule has 4 nitrogen and oxygen atoms in total. The number of carbonyl (C=O) groups excluding carboxylic acids is 2. The van der Waals surface area contributed by atoms with E-state index in [-0.39, 0.29) is 0 Å². The van der Waals surface area contributed by atoms with Crippen LogP contribution in [0.1, 0.15) is 27.0 Å². The van der Waals surface area contributed by atoms with Crippen molar-refractivity contribution in [1.82, 2.24) is 4.90 Å². The molecule has 0 aliphatic carbocycles. The lowest BCUT2D eigenvalue weighted by Gasteiger charge is -2.28. The van der Waals surface area contributed by atoms with Crippen molar-refractivity contribution in [3.8, 4) is 0 Å². The minimum Gasteiger partial charge on any atom is -0.370 e. The summed E-state index contributed by atoms with van der Waals surface area (Å²) in [4.78, 5) is 24.8. The van der Waals surface area contributed by atoms with Gasteiger partial charge >= 0.3 is 0 Å². The van der Waals surface area contributed by atoms with Crippen molar-refractivity contribution in [2.24, 2.45) is 5.73 Å². The third-order valence-electron chi connectivity index (χ3n) is 3.81. The Morgan fingerprint density at radius 3 is 2.50 bits per heavy atom. The number of benzene rings is 2. The van der Waals surface area contributed by atoms with Crippen LogP contribution in [0, 0.1) is 0 Å². The Morgan fingerprint density at radius 2 is 1.82 bits per heavy atom. The molecule has 22 heavy (non-hydrogen) atoms. The van der Waals surface area contributed by atoms with Gasteiger partial charge in [0.25, 0.3) is 5.91 Å². The number of fused-ring (bicyclic) bond motifs is 1. The monoisotopic (exact) mass is 292 g/mol. The topological polar surface area (TPSA) is 63.4 Å². The lowest BCUT2D eigenvalue weighted by molar-refractivity contribution is -0.114. The van der Waals surface area contributed by atoms with Gasteiger partial charge in [-0.2, -0.15) is 0 Å². The zero-order chi connectivity index (χ0) is 15.7. The van der Waals surface area contributed by atoms with Crippen LogP contribution in [0.3, 0.4) is 0 Å². The van der Waals surface area contributed by atoms with Gasteiger partial charge in [-0.3, -0.25) is 9.59 Å². The molecule has 0 fully saturated rings. The van der Waals surface area contributed by atoms with Gasteiger partial charge in [-0.1, -0.05) is 42.5 Å². The van der Waals surface area contributed by atoms with Gasteiger partial charge in [0.2, 0.25) is 5.78 Å². The molecule has 1 aliphatic heterocycles. The Hall–Kier alpha value is -2.88. The van der Waals surface area contributed by atoms with E-state index in [0.29, 0.717) is 12.1 Å². The molecule has 110 valence electrons. The predicted molar refractivity (Wildman–Crippen MR) is 85.7 cm³/mol. The third-order valence-corrected chi connectivity index (χ3v) is 3.81. The first-order valence-electron chi connectivity index (χ1n) is 7.01. The van der Waals surface area contributed by atoms with E-state index < -0.39 is 11.7 Å². The molecule has 0 radical (unpaired) electrons. The number of primary amides is 1. The second-order valence-corrected chi connectivity index (χ2v) is 5.36. The Kier molecular flexibility index (Phi) is 3.51. The van der Waals surface area contributed by atoms with Gasteiger partial charge in [-0.15, -0.1) is 0 Å². The summed E-state index contributed by atoms with van der Waals surface area (Å²) < 4.78 is 0. The molecule has 0 atom stereocenters. The van der Waals surface area contributed by atoms with Crippen molar-refractivity contribution in [3.63, 3.8) is 0 Å². The number of amides is 1. The molecule has 0 bridgehead atoms. The highest BCUT2D eigenvalue weighted by atomic mass is 16.2. The molecule has 2 N–H and O–H groups in total. The molecule has 1 amide bonds. The number of hydrogen-bond acceptors (Lipinski definition) is 3. The molecule has 0 spiro atoms. The van der Waals surface area contributed by atoms with Gasteiger partial charge in [-0.25, -0.2) is 0 Å². The first-order chi connectivity index (χ1) is 10.6. The molecular weight excluding hydrogens is 276 g/mol. The third kappa shape index (κ3) is 2.51. The van der Waals surface area contributed by atoms with Crippen LogP contribution in [0.25, 0.3) is 11.8 Å². The van der Waals surface area contributed by atoms with E-state index in [1.54, 1.807) is 12.1 Å². The number of hydrogen-bond donors (Lipinski definition) is 1. The Labute approximate surface area is 128 Å². The zero-order valence-electron chi connectivity index (χ0n) is 12.2. The number of Topliss-reactive ketones (excluding diaryl/α,β-unsaturated/α-hetero) is 1. The van der Waals surface area contributed by atoms with Gasteiger partial charge < -0.3 is 10.6 Å². The normalized spacial score (nSPS) is 13.3. The Bertz CT molecular complexity index is 779. The molecule has 4 heteroatoms. The molecule has 0 unspecified atom stereocenters. The van der Waals surface area contributed by atoms with Crippen LogP contribution in [-0.2, 0) is 11.3 Å². The minimum atomic E-state index is -0.926. The number of nitrogens with two attached hydrogens (primary N) is 1. The summed E-state index contributed by atoms with van der Waals surface area (Å²) in [6, 6.07) is 15.4. The fourth-order valence-electron chi connectivity index (χ4n) is 2.68. The largest absolute Gasteiger partial charge is 0.370 e. The molecule has 3 rings (SSSR count). The maximum atomic E-state index is 11.7. The van der Waals surface area contributed by atoms with Crippen molar-refractivity contribution in [2.75, 3.05) is 7.05 Å². The zero-order valence-corrected chi connectivity index (χ0v) is 12.2. The van der Waals surface area contributed by atoms with Crippen LogP contribution < -0.4 is 5.73 Å². The molecule has 2 aromatic rings. The van der Waals surface area contributed by atoms with Crippen LogP contribution in [0.5, 0.6) is 0 Å². The van der Waals surface area contributed by atoms with E-state index in [4.69, 9.17) is 5.73 Å². The second kappa shape index (κ2) is 5.48. The van der Waals surface area contributed by atoms with Crippen molar-refractivity contribution in [2.45, 2.75) is 6.54 Å². The van der Waals surface area contributed by atoms with Gasteiger partial charge in [0.15, 0.2) is 0 Å². The van der Waals surface area contributed by atoms with Crippen molar-refractivity contribution in [3.05, 3.63) is 70.8 Å². The lowest BCUT2D eigenvalue weighted by Crippen LogP contribution is -2.24. The van der Waals surface area contributed by atoms with Gasteiger partial charge in [-0.05, 0) is 28.8 Å². The van der Waals surface area contributed by atoms with Gasteiger partial charge in [0.05, 0.1) is 0 Å². The molecule has 1 heterocycles. The maximum absolute atomic E-state index is 11.7. The molecule has 1 aliphatic rings. The fourth-order valence-corrected chi connectivity index (χ4v) is 2.68. The van der Waals surface area contributed by atoms with Gasteiger partial charge in [0.1, 0.15) is 0 Å². The van der Waals surface area contributed by atoms with Crippen molar-refractivity contribution < 1.29 is 9.59 Å². The van der Waals surface area contributed by atoms with Crippen molar-refractivity contribution >= 4 is 23.5 Å². The summed E-state index contributed by atoms with van der Waals surface area (Å²) in [5.74, 6) is -1.58. The summed E-state index contributed by atoms with van der Waals surface area (Å²) in [5, 5.41) is 0. The van der Waals surface area contributed by atoms with E-state index in [1.807, 2.05) is 31.3 Å². The van der Waals surface area contributed by atoms with Gasteiger partial charge in [0, 0.05) is 24.9 Å². The van der Waals surface area contributed by atoms with Crippen LogP contribution in [0.15, 0.2) is 48.5 Å². The second-order valence-electron chi connectivity index (χ2n) is 5.36. The predicted octanol–water partition coefficient (Wildman–Crippen LogP) is 2.30. The Balaban J connectivity index is 2.02. The first-order valence-corrected chi connectivity index (χ1v) is 7.01. The Morgan fingerprint density at radius 1 is 1.09 bits per heavy atom. The number of ketones is 1. The standard InChI is InChI=1S/C18H16N2O2/c1-20-11-15-9-14(17(21)18(19)22)8-7-13(15)10-16(20)12-5-3-2-4-6-12/h2-10H,11H2,1H3,(H2,19,22). The van der Waals surface area contributed by atoms with E-state index in [0.717, 1.165) is 22.4 Å². The smallest absolute Gasteiger partial charge is 0.289 e. The SMILES string of the molecule is CN1Cc2cc(C(=O)C(N)=O)ccc2C=C1c1ccccc1. The molecule has 0 saturated heterocycles. The first kappa shape index (κ1) is 14.1. The van der Waals surface area contributed by atoms with Crippen molar-refractivity contribution in [1.29, 1.82) is 0 Å². The highest BCUT2D eigenvalue weighted by Gasteiger charge is 2.19. The molecule has 0 saturated carbocycles. The van der Waals surface area contributed by atoms with Crippen LogP contribution >= 0.6 is 0 Å². The van der Waals surface area contributed by atoms with Crippen LogP contribution in [0.2, 0.25) is 0 Å². The highest BCUT2D eigenvalue weighted by molar-refractivity contribution is 6.42. The van der Waals surface area contributed by atoms with E-state index >= 15 is 0 Å². The number of nitrogens with zero attached hydrogens (tertiary/aromatic N) is 1.